The van der Waals surface area contributed by atoms with Crippen molar-refractivity contribution in [3.63, 3.8) is 0 Å². The number of anilines is 1. The van der Waals surface area contributed by atoms with Crippen molar-refractivity contribution >= 4 is 11.4 Å². The Kier molecular flexibility index (Phi) is 2.57. The van der Waals surface area contributed by atoms with Crippen LogP contribution >= 0.6 is 0 Å². The minimum Gasteiger partial charge on any atom is -0.393 e. The molecular formula is C8H7F3N2O2. The first-order valence-corrected chi connectivity index (χ1v) is 3.86. The lowest BCUT2D eigenvalue weighted by molar-refractivity contribution is -0.384. The highest BCUT2D eigenvalue weighted by molar-refractivity contribution is 5.67. The predicted molar refractivity (Wildman–Crippen MR) is 47.2 cm³/mol. The summed E-state index contributed by atoms with van der Waals surface area (Å²) in [4.78, 5) is 9.56. The van der Waals surface area contributed by atoms with E-state index < -0.39 is 28.0 Å². The molecule has 0 saturated heterocycles. The van der Waals surface area contributed by atoms with E-state index in [1.165, 1.54) is 6.92 Å². The van der Waals surface area contributed by atoms with Gasteiger partial charge in [-0.3, -0.25) is 10.1 Å². The van der Waals surface area contributed by atoms with Gasteiger partial charge >= 0.3 is 6.18 Å². The van der Waals surface area contributed by atoms with E-state index in [0.29, 0.717) is 0 Å². The Hall–Kier alpha value is -1.79. The highest BCUT2D eigenvalue weighted by atomic mass is 19.4. The third-order valence-electron chi connectivity index (χ3n) is 1.91. The molecule has 0 aliphatic rings. The Morgan fingerprint density at radius 3 is 2.33 bits per heavy atom. The molecular weight excluding hydrogens is 213 g/mol. The van der Waals surface area contributed by atoms with Crippen LogP contribution in [0.1, 0.15) is 11.1 Å². The molecule has 0 aromatic heterocycles. The average Bonchev–Trinajstić information content (AvgIpc) is 2.00. The molecule has 2 N–H and O–H groups in total. The van der Waals surface area contributed by atoms with E-state index in [0.717, 1.165) is 12.1 Å². The maximum absolute atomic E-state index is 12.3. The molecule has 1 rings (SSSR count). The van der Waals surface area contributed by atoms with E-state index in [-0.39, 0.29) is 5.56 Å². The second kappa shape index (κ2) is 3.41. The predicted octanol–water partition coefficient (Wildman–Crippen LogP) is 2.50. The van der Waals surface area contributed by atoms with Gasteiger partial charge < -0.3 is 5.73 Å². The van der Waals surface area contributed by atoms with Crippen LogP contribution in [0, 0.1) is 17.0 Å². The van der Waals surface area contributed by atoms with Crippen molar-refractivity contribution in [1.29, 1.82) is 0 Å². The van der Waals surface area contributed by atoms with E-state index in [9.17, 15) is 23.3 Å². The third kappa shape index (κ3) is 2.00. The van der Waals surface area contributed by atoms with E-state index in [2.05, 4.69) is 0 Å². The summed E-state index contributed by atoms with van der Waals surface area (Å²) in [7, 11) is 0. The summed E-state index contributed by atoms with van der Waals surface area (Å²) in [6.07, 6.45) is -4.68. The van der Waals surface area contributed by atoms with Crippen LogP contribution in [0.3, 0.4) is 0 Å². The van der Waals surface area contributed by atoms with E-state index in [4.69, 9.17) is 5.73 Å². The van der Waals surface area contributed by atoms with Crippen molar-refractivity contribution in [2.75, 3.05) is 5.73 Å². The number of benzene rings is 1. The molecule has 1 aromatic carbocycles. The number of nitro groups is 1. The average molecular weight is 220 g/mol. The summed E-state index contributed by atoms with van der Waals surface area (Å²) in [6, 6.07) is 1.76. The Bertz CT molecular complexity index is 415. The largest absolute Gasteiger partial charge is 0.418 e. The van der Waals surface area contributed by atoms with E-state index >= 15 is 0 Å². The lowest BCUT2D eigenvalue weighted by Gasteiger charge is -2.10. The van der Waals surface area contributed by atoms with Gasteiger partial charge in [-0.2, -0.15) is 13.2 Å². The Morgan fingerprint density at radius 1 is 1.40 bits per heavy atom. The van der Waals surface area contributed by atoms with Crippen LogP contribution in [0.5, 0.6) is 0 Å². The molecule has 15 heavy (non-hydrogen) atoms. The molecule has 1 aromatic rings. The smallest absolute Gasteiger partial charge is 0.393 e. The minimum absolute atomic E-state index is 0.102. The summed E-state index contributed by atoms with van der Waals surface area (Å²) >= 11 is 0. The van der Waals surface area contributed by atoms with Gasteiger partial charge in [-0.1, -0.05) is 6.07 Å². The number of nitro benzene ring substituents is 1. The van der Waals surface area contributed by atoms with Crippen molar-refractivity contribution in [3.8, 4) is 0 Å². The maximum atomic E-state index is 12.3. The Morgan fingerprint density at radius 2 is 1.93 bits per heavy atom. The maximum Gasteiger partial charge on any atom is 0.418 e. The van der Waals surface area contributed by atoms with Crippen LogP contribution in [-0.2, 0) is 6.18 Å². The second-order valence-corrected chi connectivity index (χ2v) is 2.95. The van der Waals surface area contributed by atoms with Crippen molar-refractivity contribution in [3.05, 3.63) is 33.4 Å². The van der Waals surface area contributed by atoms with Crippen LogP contribution < -0.4 is 5.73 Å². The zero-order valence-electron chi connectivity index (χ0n) is 7.63. The number of alkyl halides is 3. The van der Waals surface area contributed by atoms with Gasteiger partial charge in [0.1, 0.15) is 5.69 Å². The fourth-order valence-corrected chi connectivity index (χ4v) is 1.21. The fraction of sp³-hybridized carbons (Fsp3) is 0.250. The molecule has 0 atom stereocenters. The Labute approximate surface area is 82.7 Å². The molecule has 0 aliphatic heterocycles. The van der Waals surface area contributed by atoms with Gasteiger partial charge in [0.25, 0.3) is 5.69 Å². The highest BCUT2D eigenvalue weighted by Crippen LogP contribution is 2.39. The second-order valence-electron chi connectivity index (χ2n) is 2.95. The molecule has 0 fully saturated rings. The van der Waals surface area contributed by atoms with Crippen molar-refractivity contribution in [2.45, 2.75) is 13.1 Å². The van der Waals surface area contributed by atoms with Gasteiger partial charge in [0.05, 0.1) is 10.5 Å². The highest BCUT2D eigenvalue weighted by Gasteiger charge is 2.36. The fourth-order valence-electron chi connectivity index (χ4n) is 1.21. The van der Waals surface area contributed by atoms with E-state index in [1.54, 1.807) is 0 Å². The lowest BCUT2D eigenvalue weighted by atomic mass is 10.1. The number of hydrogen-bond acceptors (Lipinski definition) is 3. The van der Waals surface area contributed by atoms with Gasteiger partial charge in [0, 0.05) is 5.56 Å². The summed E-state index contributed by atoms with van der Waals surface area (Å²) in [6.45, 7) is 1.33. The monoisotopic (exact) mass is 220 g/mol. The molecule has 7 heteroatoms. The first-order chi connectivity index (χ1) is 6.75. The molecule has 0 heterocycles. The van der Waals surface area contributed by atoms with Crippen molar-refractivity contribution in [1.82, 2.24) is 0 Å². The molecule has 4 nitrogen and oxygen atoms in total. The number of aryl methyl sites for hydroxylation is 1. The SMILES string of the molecule is Cc1ccc(C(F)(F)F)c(N)c1[N+](=O)[O-]. The molecule has 0 spiro atoms. The normalized spacial score (nSPS) is 11.5. The molecule has 0 bridgehead atoms. The summed E-state index contributed by atoms with van der Waals surface area (Å²) < 4.78 is 37.0. The van der Waals surface area contributed by atoms with Gasteiger partial charge in [-0.25, -0.2) is 0 Å². The molecule has 82 valence electrons. The van der Waals surface area contributed by atoms with Gasteiger partial charge in [-0.15, -0.1) is 0 Å². The number of nitrogens with zero attached hydrogens (tertiary/aromatic N) is 1. The van der Waals surface area contributed by atoms with Gasteiger partial charge in [0.2, 0.25) is 0 Å². The van der Waals surface area contributed by atoms with Crippen LogP contribution in [0.15, 0.2) is 12.1 Å². The summed E-state index contributed by atoms with van der Waals surface area (Å²) in [5.41, 5.74) is 2.50. The number of halogens is 3. The number of nitrogen functional groups attached to an aromatic ring is 1. The van der Waals surface area contributed by atoms with E-state index in [1.807, 2.05) is 0 Å². The van der Waals surface area contributed by atoms with Crippen LogP contribution in [0.25, 0.3) is 0 Å². The van der Waals surface area contributed by atoms with Crippen LogP contribution in [-0.4, -0.2) is 4.92 Å². The Balaban J connectivity index is 3.49. The van der Waals surface area contributed by atoms with Gasteiger partial charge in [-0.05, 0) is 13.0 Å². The third-order valence-corrected chi connectivity index (χ3v) is 1.91. The van der Waals surface area contributed by atoms with Crippen molar-refractivity contribution in [2.24, 2.45) is 0 Å². The zero-order valence-corrected chi connectivity index (χ0v) is 7.63. The zero-order chi connectivity index (χ0) is 11.8. The molecule has 0 aliphatic carbocycles. The first kappa shape index (κ1) is 11.3. The lowest BCUT2D eigenvalue weighted by Crippen LogP contribution is -2.11. The van der Waals surface area contributed by atoms with Crippen molar-refractivity contribution < 1.29 is 18.1 Å². The molecule has 0 amide bonds. The number of rotatable bonds is 1. The van der Waals surface area contributed by atoms with Gasteiger partial charge in [0.15, 0.2) is 0 Å². The first-order valence-electron chi connectivity index (χ1n) is 3.86. The topological polar surface area (TPSA) is 69.2 Å². The quantitative estimate of drug-likeness (QED) is 0.449. The number of nitrogens with two attached hydrogens (primary N) is 1. The summed E-state index contributed by atoms with van der Waals surface area (Å²) in [5, 5.41) is 10.5. The number of hydrogen-bond donors (Lipinski definition) is 1. The molecule has 0 saturated carbocycles. The molecule has 0 radical (unpaired) electrons. The minimum atomic E-state index is -4.68. The summed E-state index contributed by atoms with van der Waals surface area (Å²) in [5.74, 6) is 0. The van der Waals surface area contributed by atoms with Crippen LogP contribution in [0.2, 0.25) is 0 Å². The molecule has 0 unspecified atom stereocenters. The standard InChI is InChI=1S/C8H7F3N2O2/c1-4-2-3-5(8(9,10)11)6(12)7(4)13(14)15/h2-3H,12H2,1H3. The van der Waals surface area contributed by atoms with Crippen LogP contribution in [0.4, 0.5) is 24.5 Å².